The Balaban J connectivity index is 1.29. The highest BCUT2D eigenvalue weighted by Gasteiger charge is 2.44. The molecule has 0 aliphatic carbocycles. The van der Waals surface area contributed by atoms with Crippen molar-refractivity contribution in [3.63, 3.8) is 0 Å². The Labute approximate surface area is 297 Å². The van der Waals surface area contributed by atoms with Crippen molar-refractivity contribution in [1.29, 1.82) is 0 Å². The highest BCUT2D eigenvalue weighted by molar-refractivity contribution is 7.00. The summed E-state index contributed by atoms with van der Waals surface area (Å²) < 4.78 is 0. The fourth-order valence-corrected chi connectivity index (χ4v) is 9.01. The quantitative estimate of drug-likeness (QED) is 0.136. The molecule has 0 amide bonds. The van der Waals surface area contributed by atoms with E-state index in [9.17, 15) is 0 Å². The van der Waals surface area contributed by atoms with Crippen molar-refractivity contribution in [2.75, 3.05) is 9.80 Å². The molecule has 0 atom stereocenters. The molecule has 11 rings (SSSR count). The molecule has 0 N–H and O–H groups in total. The summed E-state index contributed by atoms with van der Waals surface area (Å²) in [5.41, 5.74) is 13.9. The van der Waals surface area contributed by atoms with Crippen molar-refractivity contribution in [2.45, 2.75) is 13.8 Å². The summed E-state index contributed by atoms with van der Waals surface area (Å²) in [6.45, 7) is 4.39. The summed E-state index contributed by atoms with van der Waals surface area (Å²) in [4.78, 5) is 5.07. The molecule has 9 aromatic rings. The third-order valence-corrected chi connectivity index (χ3v) is 11.3. The zero-order valence-electron chi connectivity index (χ0n) is 28.6. The molecule has 2 aliphatic rings. The summed E-state index contributed by atoms with van der Waals surface area (Å²) >= 11 is 0. The molecule has 9 aromatic carbocycles. The van der Waals surface area contributed by atoms with Crippen molar-refractivity contribution < 1.29 is 0 Å². The van der Waals surface area contributed by atoms with Crippen LogP contribution in [-0.2, 0) is 0 Å². The number of hydrogen-bond acceptors (Lipinski definition) is 2. The van der Waals surface area contributed by atoms with Gasteiger partial charge in [0.2, 0.25) is 0 Å². The van der Waals surface area contributed by atoms with E-state index in [0.717, 1.165) is 0 Å². The Bertz CT molecular complexity index is 2700. The van der Waals surface area contributed by atoms with E-state index >= 15 is 0 Å². The van der Waals surface area contributed by atoms with Gasteiger partial charge in [-0.2, -0.15) is 0 Å². The second-order valence-corrected chi connectivity index (χ2v) is 14.3. The maximum atomic E-state index is 2.54. The number of aryl methyl sites for hydroxylation is 2. The van der Waals surface area contributed by atoms with Crippen LogP contribution in [0.5, 0.6) is 0 Å². The SMILES string of the molecule is Cc1ccc(N2c3cccc4c3B(c3ccc5c(ccc6ccccc65)c32)c2ccc3c(ccc5ccccc53)c2N4c2ccc(C)cc2)cc1. The average molecular weight is 649 g/mol. The largest absolute Gasteiger partial charge is 0.311 e. The first-order valence-corrected chi connectivity index (χ1v) is 17.9. The minimum absolute atomic E-state index is 0.0522. The fraction of sp³-hybridized carbons (Fsp3) is 0.0417. The molecule has 2 aliphatic heterocycles. The number of benzene rings is 9. The van der Waals surface area contributed by atoms with Crippen LogP contribution in [0.4, 0.5) is 34.1 Å². The van der Waals surface area contributed by atoms with Crippen LogP contribution in [0.25, 0.3) is 43.1 Å². The molecule has 0 radical (unpaired) electrons. The highest BCUT2D eigenvalue weighted by Crippen LogP contribution is 2.48. The van der Waals surface area contributed by atoms with E-state index < -0.39 is 0 Å². The van der Waals surface area contributed by atoms with Gasteiger partial charge in [0.05, 0.1) is 0 Å². The maximum absolute atomic E-state index is 2.54. The van der Waals surface area contributed by atoms with Crippen LogP contribution in [0.3, 0.4) is 0 Å². The summed E-state index contributed by atoms with van der Waals surface area (Å²) in [6, 6.07) is 61.4. The number of fused-ring (bicyclic) bond motifs is 12. The molecule has 238 valence electrons. The summed E-state index contributed by atoms with van der Waals surface area (Å²) in [7, 11) is 0. The monoisotopic (exact) mass is 648 g/mol. The smallest absolute Gasteiger partial charge is 0.252 e. The van der Waals surface area contributed by atoms with E-state index in [2.05, 4.69) is 187 Å². The van der Waals surface area contributed by atoms with E-state index in [4.69, 9.17) is 0 Å². The Morgan fingerprint density at radius 3 is 1.25 bits per heavy atom. The predicted molar refractivity (Wildman–Crippen MR) is 220 cm³/mol. The Hall–Kier alpha value is -6.32. The molecule has 0 fully saturated rings. The first-order valence-electron chi connectivity index (χ1n) is 17.9. The number of rotatable bonds is 2. The molecule has 0 aromatic heterocycles. The molecule has 0 spiro atoms. The van der Waals surface area contributed by atoms with Gasteiger partial charge >= 0.3 is 0 Å². The lowest BCUT2D eigenvalue weighted by atomic mass is 9.33. The molecule has 0 unspecified atom stereocenters. The molecule has 2 heterocycles. The van der Waals surface area contributed by atoms with Crippen LogP contribution >= 0.6 is 0 Å². The van der Waals surface area contributed by atoms with E-state index in [0.29, 0.717) is 0 Å². The van der Waals surface area contributed by atoms with Gasteiger partial charge in [0.1, 0.15) is 0 Å². The van der Waals surface area contributed by atoms with Crippen LogP contribution in [0, 0.1) is 13.8 Å². The lowest BCUT2D eigenvalue weighted by Gasteiger charge is -2.45. The third kappa shape index (κ3) is 4.00. The second-order valence-electron chi connectivity index (χ2n) is 14.3. The lowest BCUT2D eigenvalue weighted by molar-refractivity contribution is 1.26. The van der Waals surface area contributed by atoms with Crippen LogP contribution in [0.1, 0.15) is 11.1 Å². The zero-order chi connectivity index (χ0) is 33.8. The van der Waals surface area contributed by atoms with Gasteiger partial charge in [-0.1, -0.05) is 139 Å². The van der Waals surface area contributed by atoms with Gasteiger partial charge < -0.3 is 9.80 Å². The van der Waals surface area contributed by atoms with Gasteiger partial charge in [0, 0.05) is 44.9 Å². The highest BCUT2D eigenvalue weighted by atomic mass is 15.2. The predicted octanol–water partition coefficient (Wildman–Crippen LogP) is 11.0. The molecule has 3 heteroatoms. The van der Waals surface area contributed by atoms with Crippen molar-refractivity contribution in [2.24, 2.45) is 0 Å². The van der Waals surface area contributed by atoms with Crippen LogP contribution in [-0.4, -0.2) is 6.71 Å². The molecule has 2 nitrogen and oxygen atoms in total. The summed E-state index contributed by atoms with van der Waals surface area (Å²) in [5.74, 6) is 0. The Morgan fingerprint density at radius 2 is 0.784 bits per heavy atom. The van der Waals surface area contributed by atoms with Gasteiger partial charge in [-0.05, 0) is 99.0 Å². The van der Waals surface area contributed by atoms with E-state index in [1.807, 2.05) is 0 Å². The first kappa shape index (κ1) is 28.5. The van der Waals surface area contributed by atoms with Crippen LogP contribution in [0.15, 0.2) is 164 Å². The second kappa shape index (κ2) is 10.6. The third-order valence-electron chi connectivity index (χ3n) is 11.3. The van der Waals surface area contributed by atoms with E-state index in [1.54, 1.807) is 0 Å². The minimum atomic E-state index is 0.0522. The topological polar surface area (TPSA) is 6.48 Å². The molecule has 0 saturated heterocycles. The number of hydrogen-bond donors (Lipinski definition) is 0. The lowest BCUT2D eigenvalue weighted by Crippen LogP contribution is -2.61. The van der Waals surface area contributed by atoms with Gasteiger partial charge in [-0.25, -0.2) is 0 Å². The average Bonchev–Trinajstić information content (AvgIpc) is 3.18. The fourth-order valence-electron chi connectivity index (χ4n) is 9.01. The summed E-state index contributed by atoms with van der Waals surface area (Å²) in [6.07, 6.45) is 0. The van der Waals surface area contributed by atoms with Crippen LogP contribution < -0.4 is 26.2 Å². The zero-order valence-corrected chi connectivity index (χ0v) is 28.6. The molecular formula is C48H33BN2. The number of anilines is 6. The Kier molecular flexibility index (Phi) is 5.92. The van der Waals surface area contributed by atoms with Crippen molar-refractivity contribution in [3.8, 4) is 0 Å². The molecule has 0 bridgehead atoms. The standard InChI is InChI=1S/C48H33BN2/c1-30-14-20-34(21-15-30)50-44-12-7-13-45-46(44)49(42-28-26-38-36-10-5-3-8-32(36)18-24-40(38)47(42)50)43-29-27-39-37-11-6-4-9-33(37)19-25-41(39)48(43)51(45)35-22-16-31(2)17-23-35/h3-29H,1-2H3. The van der Waals surface area contributed by atoms with Crippen LogP contribution in [0.2, 0.25) is 0 Å². The molecule has 0 saturated carbocycles. The van der Waals surface area contributed by atoms with E-state index in [1.165, 1.54) is 105 Å². The van der Waals surface area contributed by atoms with Crippen molar-refractivity contribution in [3.05, 3.63) is 175 Å². The molecular weight excluding hydrogens is 615 g/mol. The van der Waals surface area contributed by atoms with Gasteiger partial charge in [-0.3, -0.25) is 0 Å². The summed E-state index contributed by atoms with van der Waals surface area (Å²) in [5, 5.41) is 10.2. The molecule has 51 heavy (non-hydrogen) atoms. The first-order chi connectivity index (χ1) is 25.1. The van der Waals surface area contributed by atoms with Gasteiger partial charge in [0.25, 0.3) is 6.71 Å². The maximum Gasteiger partial charge on any atom is 0.252 e. The van der Waals surface area contributed by atoms with Gasteiger partial charge in [-0.15, -0.1) is 0 Å². The van der Waals surface area contributed by atoms with Gasteiger partial charge in [0.15, 0.2) is 0 Å². The normalized spacial score (nSPS) is 13.2. The van der Waals surface area contributed by atoms with Crippen molar-refractivity contribution in [1.82, 2.24) is 0 Å². The minimum Gasteiger partial charge on any atom is -0.311 e. The van der Waals surface area contributed by atoms with Crippen molar-refractivity contribution >= 4 is 100 Å². The number of nitrogens with zero attached hydrogens (tertiary/aromatic N) is 2. The Morgan fingerprint density at radius 1 is 0.353 bits per heavy atom. The van der Waals surface area contributed by atoms with E-state index in [-0.39, 0.29) is 6.71 Å².